The molecule has 5 nitrogen and oxygen atoms in total. The Morgan fingerprint density at radius 2 is 2.18 bits per heavy atom. The van der Waals surface area contributed by atoms with Crippen molar-refractivity contribution in [3.8, 4) is 0 Å². The first-order valence-electron chi connectivity index (χ1n) is 8.17. The Balaban J connectivity index is 1.87. The molecule has 1 atom stereocenters. The molecular weight excluding hydrogens is 278 g/mol. The van der Waals surface area contributed by atoms with Gasteiger partial charge in [-0.2, -0.15) is 0 Å². The second-order valence-corrected chi connectivity index (χ2v) is 7.09. The highest BCUT2D eigenvalue weighted by atomic mass is 16.3. The highest BCUT2D eigenvalue weighted by Gasteiger charge is 2.26. The zero-order chi connectivity index (χ0) is 16.3. The van der Waals surface area contributed by atoms with Crippen LogP contribution in [0, 0.1) is 6.92 Å². The number of rotatable bonds is 4. The summed E-state index contributed by atoms with van der Waals surface area (Å²) < 4.78 is 5.87. The lowest BCUT2D eigenvalue weighted by molar-refractivity contribution is 0.208. The Labute approximate surface area is 133 Å². The summed E-state index contributed by atoms with van der Waals surface area (Å²) in [6, 6.07) is 2.55. The van der Waals surface area contributed by atoms with Crippen LogP contribution in [0.25, 0.3) is 0 Å². The monoisotopic (exact) mass is 307 g/mol. The average molecular weight is 307 g/mol. The number of hydrogen-bond donors (Lipinski definition) is 2. The fourth-order valence-electron chi connectivity index (χ4n) is 2.69. The van der Waals surface area contributed by atoms with Crippen molar-refractivity contribution in [1.82, 2.24) is 15.5 Å². The van der Waals surface area contributed by atoms with Gasteiger partial charge in [-0.1, -0.05) is 20.8 Å². The van der Waals surface area contributed by atoms with Crippen molar-refractivity contribution in [2.75, 3.05) is 19.6 Å². The van der Waals surface area contributed by atoms with Gasteiger partial charge in [0.25, 0.3) is 0 Å². The smallest absolute Gasteiger partial charge is 0.317 e. The van der Waals surface area contributed by atoms with E-state index in [1.807, 2.05) is 18.7 Å². The highest BCUT2D eigenvalue weighted by Crippen LogP contribution is 2.27. The Morgan fingerprint density at radius 3 is 2.77 bits per heavy atom. The summed E-state index contributed by atoms with van der Waals surface area (Å²) in [5, 5.41) is 6.40. The number of carbonyl (C=O) groups excluding carboxylic acids is 1. The van der Waals surface area contributed by atoms with E-state index in [2.05, 4.69) is 37.5 Å². The van der Waals surface area contributed by atoms with Crippen LogP contribution in [0.5, 0.6) is 0 Å². The van der Waals surface area contributed by atoms with E-state index in [1.54, 1.807) is 0 Å². The van der Waals surface area contributed by atoms with Gasteiger partial charge in [0.1, 0.15) is 11.5 Å². The van der Waals surface area contributed by atoms with E-state index in [0.29, 0.717) is 12.6 Å². The fourth-order valence-corrected chi connectivity index (χ4v) is 2.69. The third kappa shape index (κ3) is 4.03. The predicted octanol–water partition coefficient (Wildman–Crippen LogP) is 2.78. The molecule has 2 heterocycles. The lowest BCUT2D eigenvalue weighted by Gasteiger charge is -2.17. The van der Waals surface area contributed by atoms with E-state index < -0.39 is 0 Å². The van der Waals surface area contributed by atoms with E-state index >= 15 is 0 Å². The van der Waals surface area contributed by atoms with E-state index in [1.165, 1.54) is 5.56 Å². The van der Waals surface area contributed by atoms with Crippen molar-refractivity contribution in [1.29, 1.82) is 0 Å². The number of aryl methyl sites for hydroxylation is 1. The molecule has 1 aromatic heterocycles. The van der Waals surface area contributed by atoms with Crippen LogP contribution in [-0.4, -0.2) is 36.6 Å². The number of urea groups is 1. The van der Waals surface area contributed by atoms with Gasteiger partial charge in [0, 0.05) is 43.2 Å². The zero-order valence-corrected chi connectivity index (χ0v) is 14.5. The van der Waals surface area contributed by atoms with Crippen molar-refractivity contribution in [3.05, 3.63) is 23.2 Å². The molecule has 5 heteroatoms. The summed E-state index contributed by atoms with van der Waals surface area (Å²) in [6.07, 6.45) is 1.00. The molecule has 0 aromatic carbocycles. The first-order chi connectivity index (χ1) is 10.3. The van der Waals surface area contributed by atoms with Crippen LogP contribution >= 0.6 is 0 Å². The second-order valence-electron chi connectivity index (χ2n) is 7.09. The summed E-state index contributed by atoms with van der Waals surface area (Å²) in [4.78, 5) is 13.7. The van der Waals surface area contributed by atoms with Gasteiger partial charge in [-0.3, -0.25) is 0 Å². The van der Waals surface area contributed by atoms with E-state index in [0.717, 1.165) is 37.6 Å². The number of nitrogens with zero attached hydrogens (tertiary/aromatic N) is 1. The van der Waals surface area contributed by atoms with E-state index in [9.17, 15) is 4.79 Å². The zero-order valence-electron chi connectivity index (χ0n) is 14.5. The molecule has 1 aliphatic heterocycles. The van der Waals surface area contributed by atoms with E-state index in [4.69, 9.17) is 4.42 Å². The number of likely N-dealkylation sites (tertiary alicyclic amines) is 1. The van der Waals surface area contributed by atoms with Crippen LogP contribution in [0.4, 0.5) is 4.79 Å². The molecule has 0 saturated carbocycles. The molecule has 22 heavy (non-hydrogen) atoms. The number of furan rings is 1. The number of carbonyl (C=O) groups is 1. The van der Waals surface area contributed by atoms with Crippen molar-refractivity contribution in [2.45, 2.75) is 59.0 Å². The molecule has 1 aromatic rings. The molecule has 1 saturated heterocycles. The summed E-state index contributed by atoms with van der Waals surface area (Å²) in [5.41, 5.74) is 1.24. The van der Waals surface area contributed by atoms with Gasteiger partial charge in [-0.05, 0) is 26.3 Å². The summed E-state index contributed by atoms with van der Waals surface area (Å²) in [5.74, 6) is 2.01. The van der Waals surface area contributed by atoms with Crippen molar-refractivity contribution in [3.63, 3.8) is 0 Å². The van der Waals surface area contributed by atoms with Gasteiger partial charge in [-0.25, -0.2) is 4.79 Å². The number of nitrogens with one attached hydrogen (secondary N) is 2. The lowest BCUT2D eigenvalue weighted by Crippen LogP contribution is -2.40. The Bertz CT molecular complexity index is 516. The summed E-state index contributed by atoms with van der Waals surface area (Å²) >= 11 is 0. The molecule has 0 aliphatic carbocycles. The highest BCUT2D eigenvalue weighted by molar-refractivity contribution is 5.74. The Kier molecular flexibility index (Phi) is 5.16. The van der Waals surface area contributed by atoms with E-state index in [-0.39, 0.29) is 11.4 Å². The first kappa shape index (κ1) is 16.9. The molecule has 124 valence electrons. The SMILES string of the molecule is CCNC(=O)N1CCC(NCc2cc(C(C)(C)C)oc2C)C1. The molecule has 2 N–H and O–H groups in total. The first-order valence-corrected chi connectivity index (χ1v) is 8.17. The molecule has 0 bridgehead atoms. The van der Waals surface area contributed by atoms with Crippen LogP contribution in [-0.2, 0) is 12.0 Å². The molecule has 2 amide bonds. The minimum absolute atomic E-state index is 0.0331. The second kappa shape index (κ2) is 6.73. The van der Waals surface area contributed by atoms with Gasteiger partial charge in [0.15, 0.2) is 0 Å². The maximum absolute atomic E-state index is 11.8. The van der Waals surface area contributed by atoms with Gasteiger partial charge < -0.3 is 20.0 Å². The van der Waals surface area contributed by atoms with Gasteiger partial charge in [-0.15, -0.1) is 0 Å². The minimum Gasteiger partial charge on any atom is -0.465 e. The molecular formula is C17H29N3O2. The van der Waals surface area contributed by atoms with Gasteiger partial charge in [0.2, 0.25) is 0 Å². The molecule has 0 spiro atoms. The maximum atomic E-state index is 11.8. The number of hydrogen-bond acceptors (Lipinski definition) is 3. The Morgan fingerprint density at radius 1 is 1.45 bits per heavy atom. The average Bonchev–Trinajstić information content (AvgIpc) is 3.03. The molecule has 1 unspecified atom stereocenters. The minimum atomic E-state index is 0.0331. The van der Waals surface area contributed by atoms with Crippen LogP contribution in [0.2, 0.25) is 0 Å². The van der Waals surface area contributed by atoms with Crippen LogP contribution in [0.3, 0.4) is 0 Å². The Hall–Kier alpha value is -1.49. The predicted molar refractivity (Wildman–Crippen MR) is 88.0 cm³/mol. The maximum Gasteiger partial charge on any atom is 0.317 e. The van der Waals surface area contributed by atoms with Gasteiger partial charge in [0.05, 0.1) is 0 Å². The normalized spacial score (nSPS) is 18.8. The topological polar surface area (TPSA) is 57.5 Å². The summed E-state index contributed by atoms with van der Waals surface area (Å²) in [7, 11) is 0. The fraction of sp³-hybridized carbons (Fsp3) is 0.706. The van der Waals surface area contributed by atoms with Crippen LogP contribution in [0.1, 0.15) is 51.2 Å². The quantitative estimate of drug-likeness (QED) is 0.899. The number of amides is 2. The standard InChI is InChI=1S/C17H29N3O2/c1-6-18-16(21)20-8-7-14(11-20)19-10-13-9-15(17(3,4)5)22-12(13)2/h9,14,19H,6-8,10-11H2,1-5H3,(H,18,21). The van der Waals surface area contributed by atoms with Crippen LogP contribution < -0.4 is 10.6 Å². The molecule has 1 fully saturated rings. The molecule has 0 radical (unpaired) electrons. The van der Waals surface area contributed by atoms with Crippen molar-refractivity contribution >= 4 is 6.03 Å². The summed E-state index contributed by atoms with van der Waals surface area (Å²) in [6.45, 7) is 13.5. The van der Waals surface area contributed by atoms with Crippen LogP contribution in [0.15, 0.2) is 10.5 Å². The largest absolute Gasteiger partial charge is 0.465 e. The van der Waals surface area contributed by atoms with Crippen molar-refractivity contribution in [2.24, 2.45) is 0 Å². The molecule has 1 aliphatic rings. The molecule has 2 rings (SSSR count). The third-order valence-electron chi connectivity index (χ3n) is 4.14. The third-order valence-corrected chi connectivity index (χ3v) is 4.14. The lowest BCUT2D eigenvalue weighted by atomic mass is 9.93. The van der Waals surface area contributed by atoms with Crippen molar-refractivity contribution < 1.29 is 9.21 Å². The van der Waals surface area contributed by atoms with Gasteiger partial charge >= 0.3 is 6.03 Å².